The summed E-state index contributed by atoms with van der Waals surface area (Å²) in [6.45, 7) is 2.36. The molecule has 128 valence electrons. The molecule has 2 heterocycles. The Bertz CT molecular complexity index is 819. The fourth-order valence-corrected chi connectivity index (χ4v) is 2.47. The Kier molecular flexibility index (Phi) is 5.03. The molecule has 2 amide bonds. The molecule has 3 aromatic rings. The van der Waals surface area contributed by atoms with Crippen LogP contribution in [0.5, 0.6) is 0 Å². The predicted molar refractivity (Wildman–Crippen MR) is 94.0 cm³/mol. The molecular weight excluding hydrogens is 316 g/mol. The van der Waals surface area contributed by atoms with E-state index in [1.165, 1.54) is 0 Å². The Hall–Kier alpha value is -3.22. The third-order valence-electron chi connectivity index (χ3n) is 3.88. The first-order chi connectivity index (χ1) is 12.1. The van der Waals surface area contributed by atoms with Crippen molar-refractivity contribution in [2.24, 2.45) is 0 Å². The summed E-state index contributed by atoms with van der Waals surface area (Å²) in [6.07, 6.45) is 10.2. The number of carbonyl (C=O) groups excluding carboxylic acids is 1. The van der Waals surface area contributed by atoms with Crippen LogP contribution in [-0.2, 0) is 6.54 Å². The smallest absolute Gasteiger partial charge is 0.317 e. The summed E-state index contributed by atoms with van der Waals surface area (Å²) >= 11 is 0. The van der Waals surface area contributed by atoms with Gasteiger partial charge >= 0.3 is 6.03 Å². The molecule has 7 nitrogen and oxygen atoms in total. The number of urea groups is 1. The van der Waals surface area contributed by atoms with E-state index in [1.54, 1.807) is 43.1 Å². The fourth-order valence-electron chi connectivity index (χ4n) is 2.47. The minimum Gasteiger partial charge on any atom is -0.331 e. The Morgan fingerprint density at radius 3 is 2.88 bits per heavy atom. The number of benzene rings is 1. The predicted octanol–water partition coefficient (Wildman–Crippen LogP) is 2.56. The molecule has 7 heteroatoms. The third kappa shape index (κ3) is 4.20. The fraction of sp³-hybridized carbons (Fsp3) is 0.222. The van der Waals surface area contributed by atoms with Crippen molar-refractivity contribution in [2.75, 3.05) is 7.05 Å². The topological polar surface area (TPSA) is 75.9 Å². The van der Waals surface area contributed by atoms with Crippen LogP contribution in [0.15, 0.2) is 61.6 Å². The Morgan fingerprint density at radius 2 is 2.16 bits per heavy atom. The average Bonchev–Trinajstić information content (AvgIpc) is 3.17. The second-order valence-corrected chi connectivity index (χ2v) is 5.79. The van der Waals surface area contributed by atoms with Gasteiger partial charge in [-0.1, -0.05) is 12.1 Å². The van der Waals surface area contributed by atoms with E-state index in [1.807, 2.05) is 42.0 Å². The molecule has 0 radical (unpaired) electrons. The van der Waals surface area contributed by atoms with E-state index in [0.29, 0.717) is 6.54 Å². The Labute approximate surface area is 146 Å². The van der Waals surface area contributed by atoms with Gasteiger partial charge in [-0.3, -0.25) is 9.97 Å². The first kappa shape index (κ1) is 16.6. The van der Waals surface area contributed by atoms with Crippen LogP contribution in [0.3, 0.4) is 0 Å². The molecule has 0 aliphatic carbocycles. The van der Waals surface area contributed by atoms with Gasteiger partial charge in [-0.2, -0.15) is 0 Å². The lowest BCUT2D eigenvalue weighted by Gasteiger charge is -2.21. The van der Waals surface area contributed by atoms with Crippen molar-refractivity contribution < 1.29 is 4.79 Å². The van der Waals surface area contributed by atoms with Crippen molar-refractivity contribution in [3.63, 3.8) is 0 Å². The normalized spacial score (nSPS) is 11.8. The van der Waals surface area contributed by atoms with Crippen molar-refractivity contribution in [2.45, 2.75) is 19.5 Å². The molecule has 0 spiro atoms. The van der Waals surface area contributed by atoms with Gasteiger partial charge in [0.1, 0.15) is 0 Å². The average molecular weight is 336 g/mol. The van der Waals surface area contributed by atoms with Crippen molar-refractivity contribution in [1.82, 2.24) is 29.7 Å². The SMILES string of the molecule is C[C@H](NC(=O)N(C)Cc1cnccn1)c1cccc(-n2ccnc2)c1. The molecule has 1 N–H and O–H groups in total. The summed E-state index contributed by atoms with van der Waals surface area (Å²) in [4.78, 5) is 26.2. The number of imidazole rings is 1. The molecule has 0 saturated carbocycles. The van der Waals surface area contributed by atoms with E-state index in [9.17, 15) is 4.79 Å². The van der Waals surface area contributed by atoms with Gasteiger partial charge in [0.05, 0.1) is 30.8 Å². The largest absolute Gasteiger partial charge is 0.331 e. The quantitative estimate of drug-likeness (QED) is 0.777. The number of hydrogen-bond donors (Lipinski definition) is 1. The van der Waals surface area contributed by atoms with Gasteiger partial charge in [-0.05, 0) is 24.6 Å². The molecule has 1 atom stereocenters. The van der Waals surface area contributed by atoms with Gasteiger partial charge in [0, 0.05) is 37.5 Å². The summed E-state index contributed by atoms with van der Waals surface area (Å²) in [6, 6.07) is 7.71. The highest BCUT2D eigenvalue weighted by molar-refractivity contribution is 5.74. The van der Waals surface area contributed by atoms with Crippen LogP contribution in [0.1, 0.15) is 24.2 Å². The zero-order valence-corrected chi connectivity index (χ0v) is 14.2. The molecular formula is C18H20N6O. The summed E-state index contributed by atoms with van der Waals surface area (Å²) in [5.41, 5.74) is 2.77. The van der Waals surface area contributed by atoms with Crippen LogP contribution in [0.4, 0.5) is 4.79 Å². The lowest BCUT2D eigenvalue weighted by molar-refractivity contribution is 0.203. The lowest BCUT2D eigenvalue weighted by atomic mass is 10.1. The molecule has 0 aliphatic rings. The van der Waals surface area contributed by atoms with Crippen LogP contribution in [0.2, 0.25) is 0 Å². The second-order valence-electron chi connectivity index (χ2n) is 5.79. The molecule has 0 bridgehead atoms. The number of carbonyl (C=O) groups is 1. The maximum absolute atomic E-state index is 12.4. The van der Waals surface area contributed by atoms with Gasteiger partial charge in [0.2, 0.25) is 0 Å². The maximum atomic E-state index is 12.4. The molecule has 2 aromatic heterocycles. The van der Waals surface area contributed by atoms with Crippen molar-refractivity contribution in [3.05, 3.63) is 72.8 Å². The standard InChI is InChI=1S/C18H20N6O/c1-14(15-4-3-5-17(10-15)24-9-8-20-13-24)22-18(25)23(2)12-16-11-19-6-7-21-16/h3-11,13-14H,12H2,1-2H3,(H,22,25)/t14-/m0/s1. The van der Waals surface area contributed by atoms with Gasteiger partial charge in [0.25, 0.3) is 0 Å². The van der Waals surface area contributed by atoms with Crippen molar-refractivity contribution >= 4 is 6.03 Å². The summed E-state index contributed by atoms with van der Waals surface area (Å²) in [5, 5.41) is 3.00. The Balaban J connectivity index is 1.64. The monoisotopic (exact) mass is 336 g/mol. The number of hydrogen-bond acceptors (Lipinski definition) is 4. The zero-order chi connectivity index (χ0) is 17.6. The highest BCUT2D eigenvalue weighted by Crippen LogP contribution is 2.17. The Morgan fingerprint density at radius 1 is 1.28 bits per heavy atom. The van der Waals surface area contributed by atoms with E-state index >= 15 is 0 Å². The molecule has 3 rings (SSSR count). The van der Waals surface area contributed by atoms with Gasteiger partial charge in [-0.15, -0.1) is 0 Å². The summed E-state index contributed by atoms with van der Waals surface area (Å²) in [5.74, 6) is 0. The molecule has 0 fully saturated rings. The molecule has 0 saturated heterocycles. The number of aromatic nitrogens is 4. The second kappa shape index (κ2) is 7.57. The highest BCUT2D eigenvalue weighted by atomic mass is 16.2. The van der Waals surface area contributed by atoms with Gasteiger partial charge < -0.3 is 14.8 Å². The zero-order valence-electron chi connectivity index (χ0n) is 14.2. The molecule has 1 aromatic carbocycles. The van der Waals surface area contributed by atoms with E-state index in [-0.39, 0.29) is 12.1 Å². The number of amides is 2. The lowest BCUT2D eigenvalue weighted by Crippen LogP contribution is -2.38. The van der Waals surface area contributed by atoms with Crippen molar-refractivity contribution in [3.8, 4) is 5.69 Å². The van der Waals surface area contributed by atoms with E-state index in [4.69, 9.17) is 0 Å². The number of nitrogens with one attached hydrogen (secondary N) is 1. The van der Waals surface area contributed by atoms with E-state index < -0.39 is 0 Å². The summed E-state index contributed by atoms with van der Waals surface area (Å²) < 4.78 is 1.93. The number of rotatable bonds is 5. The first-order valence-corrected chi connectivity index (χ1v) is 7.98. The van der Waals surface area contributed by atoms with Crippen LogP contribution < -0.4 is 5.32 Å². The van der Waals surface area contributed by atoms with Crippen LogP contribution in [0.25, 0.3) is 5.69 Å². The van der Waals surface area contributed by atoms with Crippen LogP contribution in [0, 0.1) is 0 Å². The minimum absolute atomic E-state index is 0.125. The van der Waals surface area contributed by atoms with E-state index in [0.717, 1.165) is 16.9 Å². The maximum Gasteiger partial charge on any atom is 0.317 e. The molecule has 0 aliphatic heterocycles. The van der Waals surface area contributed by atoms with Gasteiger partial charge in [-0.25, -0.2) is 9.78 Å². The molecule has 25 heavy (non-hydrogen) atoms. The number of nitrogens with zero attached hydrogens (tertiary/aromatic N) is 5. The highest BCUT2D eigenvalue weighted by Gasteiger charge is 2.14. The van der Waals surface area contributed by atoms with Crippen LogP contribution in [-0.4, -0.2) is 37.5 Å². The van der Waals surface area contributed by atoms with Crippen molar-refractivity contribution in [1.29, 1.82) is 0 Å². The molecule has 0 unspecified atom stereocenters. The van der Waals surface area contributed by atoms with Gasteiger partial charge in [0.15, 0.2) is 0 Å². The third-order valence-corrected chi connectivity index (χ3v) is 3.88. The summed E-state index contributed by atoms with van der Waals surface area (Å²) in [7, 11) is 1.73. The van der Waals surface area contributed by atoms with E-state index in [2.05, 4.69) is 20.3 Å². The van der Waals surface area contributed by atoms with Crippen LogP contribution >= 0.6 is 0 Å². The first-order valence-electron chi connectivity index (χ1n) is 7.98. The minimum atomic E-state index is -0.161.